The van der Waals surface area contributed by atoms with E-state index >= 15 is 0 Å². The summed E-state index contributed by atoms with van der Waals surface area (Å²) in [7, 11) is 2.85. The first-order chi connectivity index (χ1) is 17.9. The van der Waals surface area contributed by atoms with Crippen LogP contribution in [0.5, 0.6) is 11.5 Å². The van der Waals surface area contributed by atoms with Gasteiger partial charge in [0.2, 0.25) is 0 Å². The number of furan rings is 1. The molecule has 0 atom stereocenters. The van der Waals surface area contributed by atoms with Gasteiger partial charge in [0.1, 0.15) is 17.3 Å². The molecule has 1 aromatic heterocycles. The van der Waals surface area contributed by atoms with E-state index in [1.165, 1.54) is 18.3 Å². The molecule has 37 heavy (non-hydrogen) atoms. The van der Waals surface area contributed by atoms with Crippen LogP contribution in [0.15, 0.2) is 88.2 Å². The summed E-state index contributed by atoms with van der Waals surface area (Å²) in [5, 5.41) is 2.75. The highest BCUT2D eigenvalue weighted by molar-refractivity contribution is 6.16. The Morgan fingerprint density at radius 2 is 1.70 bits per heavy atom. The summed E-state index contributed by atoms with van der Waals surface area (Å²) < 4.78 is 21.0. The predicted molar refractivity (Wildman–Crippen MR) is 136 cm³/mol. The number of nitrogens with zero attached hydrogens (tertiary/aromatic N) is 1. The molecule has 0 fully saturated rings. The number of allylic oxidation sites excluding steroid dienone is 1. The van der Waals surface area contributed by atoms with Crippen molar-refractivity contribution < 1.29 is 33.0 Å². The van der Waals surface area contributed by atoms with E-state index in [1.807, 2.05) is 0 Å². The molecule has 3 aromatic rings. The number of hydrogen-bond acceptors (Lipinski definition) is 7. The van der Waals surface area contributed by atoms with Crippen molar-refractivity contribution in [3.05, 3.63) is 95.1 Å². The van der Waals surface area contributed by atoms with Crippen molar-refractivity contribution in [1.82, 2.24) is 4.90 Å². The third kappa shape index (κ3) is 5.90. The van der Waals surface area contributed by atoms with Crippen LogP contribution in [0.4, 0.5) is 5.69 Å². The lowest BCUT2D eigenvalue weighted by Gasteiger charge is -2.16. The van der Waals surface area contributed by atoms with E-state index in [-0.39, 0.29) is 36.1 Å². The molecule has 9 heteroatoms. The zero-order valence-electron chi connectivity index (χ0n) is 20.6. The van der Waals surface area contributed by atoms with Gasteiger partial charge >= 0.3 is 5.97 Å². The molecule has 2 amide bonds. The maximum atomic E-state index is 13.2. The smallest absolute Gasteiger partial charge is 0.340 e. The van der Waals surface area contributed by atoms with E-state index in [0.717, 1.165) is 0 Å². The van der Waals surface area contributed by atoms with Crippen molar-refractivity contribution in [2.45, 2.75) is 13.5 Å². The average Bonchev–Trinajstić information content (AvgIpc) is 3.51. The van der Waals surface area contributed by atoms with Crippen LogP contribution in [-0.4, -0.2) is 43.5 Å². The van der Waals surface area contributed by atoms with Crippen LogP contribution in [0.25, 0.3) is 6.08 Å². The van der Waals surface area contributed by atoms with Crippen LogP contribution in [0, 0.1) is 0 Å². The third-order valence-corrected chi connectivity index (χ3v) is 5.73. The SMILES string of the molecule is COC(=O)C1=C(C)N(Cc2ccco2)C(=O)/C1=C\c1ccc(OCC(=O)Nc2ccc(OC)cc2)cc1. The Balaban J connectivity index is 1.43. The van der Waals surface area contributed by atoms with Gasteiger partial charge < -0.3 is 28.8 Å². The monoisotopic (exact) mass is 502 g/mol. The average molecular weight is 503 g/mol. The van der Waals surface area contributed by atoms with Gasteiger partial charge in [-0.15, -0.1) is 0 Å². The quantitative estimate of drug-likeness (QED) is 0.346. The Hall–Kier alpha value is -4.79. The number of hydrogen-bond donors (Lipinski definition) is 1. The van der Waals surface area contributed by atoms with Crippen LogP contribution in [0.2, 0.25) is 0 Å². The maximum absolute atomic E-state index is 13.2. The molecule has 0 radical (unpaired) electrons. The van der Waals surface area contributed by atoms with Crippen LogP contribution in [-0.2, 0) is 25.7 Å². The summed E-state index contributed by atoms with van der Waals surface area (Å²) in [6.45, 7) is 1.71. The van der Waals surface area contributed by atoms with E-state index in [9.17, 15) is 14.4 Å². The number of carbonyl (C=O) groups is 3. The number of amides is 2. The van der Waals surface area contributed by atoms with E-state index < -0.39 is 5.97 Å². The number of methoxy groups -OCH3 is 2. The molecule has 0 spiro atoms. The van der Waals surface area contributed by atoms with Crippen LogP contribution < -0.4 is 14.8 Å². The summed E-state index contributed by atoms with van der Waals surface area (Å²) in [6, 6.07) is 17.3. The number of carbonyl (C=O) groups excluding carboxylic acids is 3. The first-order valence-electron chi connectivity index (χ1n) is 11.4. The molecule has 1 aliphatic rings. The Morgan fingerprint density at radius 1 is 1.00 bits per heavy atom. The van der Waals surface area contributed by atoms with Gasteiger partial charge in [0, 0.05) is 11.4 Å². The molecule has 0 bridgehead atoms. The van der Waals surface area contributed by atoms with Crippen molar-refractivity contribution in [3.63, 3.8) is 0 Å². The third-order valence-electron chi connectivity index (χ3n) is 5.73. The molecule has 0 saturated heterocycles. The molecule has 4 rings (SSSR count). The lowest BCUT2D eigenvalue weighted by molar-refractivity contribution is -0.136. The molecule has 0 unspecified atom stereocenters. The second kappa shape index (κ2) is 11.3. The minimum absolute atomic E-state index is 0.179. The van der Waals surface area contributed by atoms with Gasteiger partial charge in [-0.05, 0) is 67.1 Å². The second-order valence-electron chi connectivity index (χ2n) is 8.12. The summed E-state index contributed by atoms with van der Waals surface area (Å²) in [5.41, 5.74) is 2.22. The van der Waals surface area contributed by atoms with Crippen molar-refractivity contribution in [1.29, 1.82) is 0 Å². The highest BCUT2D eigenvalue weighted by Gasteiger charge is 2.37. The largest absolute Gasteiger partial charge is 0.497 e. The molecule has 1 N–H and O–H groups in total. The van der Waals surface area contributed by atoms with Gasteiger partial charge in [-0.1, -0.05) is 12.1 Å². The normalized spacial score (nSPS) is 14.2. The number of anilines is 1. The molecule has 2 aromatic carbocycles. The molecule has 190 valence electrons. The first kappa shape index (κ1) is 25.3. The number of benzene rings is 2. The van der Waals surface area contributed by atoms with Crippen LogP contribution in [0.3, 0.4) is 0 Å². The highest BCUT2D eigenvalue weighted by atomic mass is 16.5. The Morgan fingerprint density at radius 3 is 2.32 bits per heavy atom. The Labute approximate surface area is 213 Å². The van der Waals surface area contributed by atoms with Crippen molar-refractivity contribution in [2.24, 2.45) is 0 Å². The summed E-state index contributed by atoms with van der Waals surface area (Å²) >= 11 is 0. The van der Waals surface area contributed by atoms with Crippen LogP contribution in [0.1, 0.15) is 18.2 Å². The highest BCUT2D eigenvalue weighted by Crippen LogP contribution is 2.33. The first-order valence-corrected chi connectivity index (χ1v) is 11.4. The minimum atomic E-state index is -0.595. The van der Waals surface area contributed by atoms with Crippen LogP contribution >= 0.6 is 0 Å². The van der Waals surface area contributed by atoms with Gasteiger partial charge in [-0.2, -0.15) is 0 Å². The molecular weight excluding hydrogens is 476 g/mol. The zero-order chi connectivity index (χ0) is 26.4. The molecule has 0 saturated carbocycles. The van der Waals surface area contributed by atoms with Gasteiger partial charge in [-0.25, -0.2) is 4.79 Å². The minimum Gasteiger partial charge on any atom is -0.497 e. The van der Waals surface area contributed by atoms with Gasteiger partial charge in [0.15, 0.2) is 6.61 Å². The lowest BCUT2D eigenvalue weighted by atomic mass is 10.0. The van der Waals surface area contributed by atoms with Gasteiger partial charge in [0.25, 0.3) is 11.8 Å². The fourth-order valence-corrected chi connectivity index (χ4v) is 3.82. The number of esters is 1. The second-order valence-corrected chi connectivity index (χ2v) is 8.12. The number of ether oxygens (including phenoxy) is 3. The molecule has 9 nitrogen and oxygen atoms in total. The standard InChI is InChI=1S/C28H26N2O7/c1-18-26(28(33)35-3)24(27(32)30(18)16-23-5-4-14-36-23)15-19-6-10-22(11-7-19)37-17-25(31)29-20-8-12-21(34-2)13-9-20/h4-15H,16-17H2,1-3H3,(H,29,31)/b24-15-. The fourth-order valence-electron chi connectivity index (χ4n) is 3.82. The van der Waals surface area contributed by atoms with E-state index in [1.54, 1.807) is 80.8 Å². The van der Waals surface area contributed by atoms with Crippen molar-refractivity contribution >= 4 is 29.5 Å². The fraction of sp³-hybridized carbons (Fsp3) is 0.179. The topological polar surface area (TPSA) is 107 Å². The summed E-state index contributed by atoms with van der Waals surface area (Å²) in [4.78, 5) is 39.4. The summed E-state index contributed by atoms with van der Waals surface area (Å²) in [6.07, 6.45) is 3.15. The van der Waals surface area contributed by atoms with Gasteiger partial charge in [0.05, 0.1) is 38.2 Å². The van der Waals surface area contributed by atoms with Crippen molar-refractivity contribution in [3.8, 4) is 11.5 Å². The van der Waals surface area contributed by atoms with E-state index in [0.29, 0.717) is 34.2 Å². The lowest BCUT2D eigenvalue weighted by Crippen LogP contribution is -2.24. The zero-order valence-corrected chi connectivity index (χ0v) is 20.6. The number of nitrogens with one attached hydrogen (secondary N) is 1. The van der Waals surface area contributed by atoms with E-state index in [4.69, 9.17) is 18.6 Å². The summed E-state index contributed by atoms with van der Waals surface area (Å²) in [5.74, 6) is 0.526. The number of rotatable bonds is 9. The Bertz CT molecular complexity index is 1340. The molecule has 2 heterocycles. The van der Waals surface area contributed by atoms with E-state index in [2.05, 4.69) is 5.32 Å². The van der Waals surface area contributed by atoms with Crippen molar-refractivity contribution in [2.75, 3.05) is 26.1 Å². The Kier molecular flexibility index (Phi) is 7.73. The maximum Gasteiger partial charge on any atom is 0.340 e. The predicted octanol–water partition coefficient (Wildman–Crippen LogP) is 4.18. The van der Waals surface area contributed by atoms with Gasteiger partial charge in [-0.3, -0.25) is 9.59 Å². The molecular formula is C28H26N2O7. The molecule has 1 aliphatic heterocycles. The molecule has 0 aliphatic carbocycles.